The number of alkyl halides is 1. The van der Waals surface area contributed by atoms with Crippen LogP contribution in [-0.4, -0.2) is 11.7 Å². The van der Waals surface area contributed by atoms with E-state index >= 15 is 0 Å². The van der Waals surface area contributed by atoms with Crippen molar-refractivity contribution in [1.29, 1.82) is 0 Å². The van der Waals surface area contributed by atoms with Gasteiger partial charge in [-0.3, -0.25) is 4.79 Å². The second-order valence-electron chi connectivity index (χ2n) is 2.59. The third-order valence-corrected chi connectivity index (χ3v) is 2.84. The smallest absolute Gasteiger partial charge is 0.177 e. The molecule has 0 heterocycles. The number of carbonyl (C=O) groups excluding carboxylic acids is 1. The minimum absolute atomic E-state index is 0.110. The van der Waals surface area contributed by atoms with Crippen molar-refractivity contribution in [3.05, 3.63) is 32.6 Å². The van der Waals surface area contributed by atoms with Crippen molar-refractivity contribution in [2.75, 3.05) is 5.88 Å². The maximum atomic E-state index is 13.3. The van der Waals surface area contributed by atoms with Crippen LogP contribution >= 0.6 is 34.2 Å². The van der Waals surface area contributed by atoms with E-state index in [9.17, 15) is 9.18 Å². The summed E-state index contributed by atoms with van der Waals surface area (Å²) in [7, 11) is 0. The van der Waals surface area contributed by atoms with E-state index in [4.69, 9.17) is 11.6 Å². The second-order valence-corrected chi connectivity index (χ2v) is 4.02. The van der Waals surface area contributed by atoms with Crippen LogP contribution in [0.5, 0.6) is 0 Å². The van der Waals surface area contributed by atoms with Crippen molar-refractivity contribution in [3.63, 3.8) is 0 Å². The molecule has 0 bridgehead atoms. The minimum Gasteiger partial charge on any atom is -0.293 e. The van der Waals surface area contributed by atoms with Gasteiger partial charge in [0, 0.05) is 9.13 Å². The molecule has 0 N–H and O–H groups in total. The molecule has 0 aliphatic heterocycles. The maximum Gasteiger partial charge on any atom is 0.177 e. The SMILES string of the molecule is Cc1c(C(=O)CCl)ccc(I)c1F. The molecule has 0 amide bonds. The zero-order valence-electron chi connectivity index (χ0n) is 6.90. The Labute approximate surface area is 94.4 Å². The van der Waals surface area contributed by atoms with Gasteiger partial charge in [0.2, 0.25) is 0 Å². The van der Waals surface area contributed by atoms with E-state index < -0.39 is 0 Å². The zero-order chi connectivity index (χ0) is 10.0. The van der Waals surface area contributed by atoms with E-state index in [1.165, 1.54) is 0 Å². The van der Waals surface area contributed by atoms with Crippen LogP contribution in [0.4, 0.5) is 4.39 Å². The molecule has 0 fully saturated rings. The number of halogens is 3. The fourth-order valence-electron chi connectivity index (χ4n) is 1.03. The molecule has 13 heavy (non-hydrogen) atoms. The Balaban J connectivity index is 3.26. The number of Topliss-reactive ketones (excluding diaryl/α,β-unsaturated/α-hetero) is 1. The fraction of sp³-hybridized carbons (Fsp3) is 0.222. The van der Waals surface area contributed by atoms with Gasteiger partial charge >= 0.3 is 0 Å². The molecule has 0 radical (unpaired) electrons. The molecule has 0 saturated carbocycles. The quantitative estimate of drug-likeness (QED) is 0.466. The van der Waals surface area contributed by atoms with Crippen molar-refractivity contribution >= 4 is 40.0 Å². The highest BCUT2D eigenvalue weighted by molar-refractivity contribution is 14.1. The van der Waals surface area contributed by atoms with Crippen LogP contribution in [0.15, 0.2) is 12.1 Å². The molecular formula is C9H7ClFIO. The molecule has 0 unspecified atom stereocenters. The van der Waals surface area contributed by atoms with Gasteiger partial charge in [-0.15, -0.1) is 11.6 Å². The first-order valence-electron chi connectivity index (χ1n) is 3.61. The van der Waals surface area contributed by atoms with E-state index in [0.29, 0.717) is 14.7 Å². The van der Waals surface area contributed by atoms with E-state index in [0.717, 1.165) is 0 Å². The minimum atomic E-state index is -0.337. The number of ketones is 1. The van der Waals surface area contributed by atoms with Gasteiger partial charge in [-0.25, -0.2) is 4.39 Å². The average Bonchev–Trinajstić information content (AvgIpc) is 2.13. The Bertz CT molecular complexity index is 352. The maximum absolute atomic E-state index is 13.3. The highest BCUT2D eigenvalue weighted by Crippen LogP contribution is 2.19. The Hall–Kier alpha value is -0.160. The van der Waals surface area contributed by atoms with Gasteiger partial charge in [-0.05, 0) is 47.2 Å². The molecule has 0 aromatic heterocycles. The highest BCUT2D eigenvalue weighted by Gasteiger charge is 2.12. The number of rotatable bonds is 2. The van der Waals surface area contributed by atoms with Crippen molar-refractivity contribution in [2.45, 2.75) is 6.92 Å². The fourth-order valence-corrected chi connectivity index (χ4v) is 1.75. The summed E-state index contributed by atoms with van der Waals surface area (Å²) in [4.78, 5) is 11.2. The molecule has 1 aromatic carbocycles. The van der Waals surface area contributed by atoms with E-state index in [2.05, 4.69) is 0 Å². The lowest BCUT2D eigenvalue weighted by atomic mass is 10.1. The summed E-state index contributed by atoms with van der Waals surface area (Å²) >= 11 is 7.26. The summed E-state index contributed by atoms with van der Waals surface area (Å²) in [6, 6.07) is 3.17. The molecule has 0 aliphatic carbocycles. The summed E-state index contributed by atoms with van der Waals surface area (Å²) in [5.74, 6) is -0.688. The molecule has 0 aliphatic rings. The van der Waals surface area contributed by atoms with Crippen LogP contribution in [0.1, 0.15) is 15.9 Å². The van der Waals surface area contributed by atoms with Crippen LogP contribution in [0.3, 0.4) is 0 Å². The third kappa shape index (κ3) is 2.20. The average molecular weight is 313 g/mol. The van der Waals surface area contributed by atoms with Crippen molar-refractivity contribution in [3.8, 4) is 0 Å². The summed E-state index contributed by atoms with van der Waals surface area (Å²) in [6.45, 7) is 1.58. The number of benzene rings is 1. The second kappa shape index (κ2) is 4.37. The summed E-state index contributed by atoms with van der Waals surface area (Å²) < 4.78 is 13.8. The van der Waals surface area contributed by atoms with E-state index in [1.807, 2.05) is 22.6 Å². The van der Waals surface area contributed by atoms with Crippen LogP contribution in [0.25, 0.3) is 0 Å². The molecular weight excluding hydrogens is 305 g/mol. The van der Waals surface area contributed by atoms with Gasteiger partial charge in [0.05, 0.1) is 5.88 Å². The van der Waals surface area contributed by atoms with Gasteiger partial charge < -0.3 is 0 Å². The molecule has 0 saturated heterocycles. The molecule has 0 spiro atoms. The Morgan fingerprint density at radius 2 is 2.23 bits per heavy atom. The topological polar surface area (TPSA) is 17.1 Å². The highest BCUT2D eigenvalue weighted by atomic mass is 127. The van der Waals surface area contributed by atoms with Crippen LogP contribution in [-0.2, 0) is 0 Å². The zero-order valence-corrected chi connectivity index (χ0v) is 9.82. The van der Waals surface area contributed by atoms with Crippen LogP contribution in [0.2, 0.25) is 0 Å². The third-order valence-electron chi connectivity index (χ3n) is 1.76. The predicted octanol–water partition coefficient (Wildman–Crippen LogP) is 3.16. The van der Waals surface area contributed by atoms with E-state index in [-0.39, 0.29) is 17.5 Å². The first kappa shape index (κ1) is 10.9. The number of hydrogen-bond donors (Lipinski definition) is 0. The molecule has 0 atom stereocenters. The predicted molar refractivity (Wildman–Crippen MR) is 58.9 cm³/mol. The molecule has 1 nitrogen and oxygen atoms in total. The molecule has 70 valence electrons. The lowest BCUT2D eigenvalue weighted by Gasteiger charge is -2.04. The van der Waals surface area contributed by atoms with Crippen LogP contribution in [0, 0.1) is 16.3 Å². The normalized spacial score (nSPS) is 10.2. The standard InChI is InChI=1S/C9H7ClFIO/c1-5-6(8(13)4-10)2-3-7(12)9(5)11/h2-3H,4H2,1H3. The summed E-state index contributed by atoms with van der Waals surface area (Å²) in [5, 5.41) is 0. The largest absolute Gasteiger partial charge is 0.293 e. The van der Waals surface area contributed by atoms with Gasteiger partial charge in [0.15, 0.2) is 5.78 Å². The summed E-state index contributed by atoms with van der Waals surface area (Å²) in [5.41, 5.74) is 0.741. The Morgan fingerprint density at radius 3 is 2.77 bits per heavy atom. The van der Waals surface area contributed by atoms with Crippen molar-refractivity contribution in [1.82, 2.24) is 0 Å². The number of hydrogen-bond acceptors (Lipinski definition) is 1. The van der Waals surface area contributed by atoms with Crippen molar-refractivity contribution < 1.29 is 9.18 Å². The molecule has 1 rings (SSSR count). The molecule has 1 aromatic rings. The van der Waals surface area contributed by atoms with Gasteiger partial charge in [0.25, 0.3) is 0 Å². The Morgan fingerprint density at radius 1 is 1.62 bits per heavy atom. The molecule has 4 heteroatoms. The van der Waals surface area contributed by atoms with E-state index in [1.54, 1.807) is 19.1 Å². The van der Waals surface area contributed by atoms with Gasteiger partial charge in [0.1, 0.15) is 5.82 Å². The lowest BCUT2D eigenvalue weighted by Crippen LogP contribution is -2.05. The van der Waals surface area contributed by atoms with Gasteiger partial charge in [-0.2, -0.15) is 0 Å². The monoisotopic (exact) mass is 312 g/mol. The first-order valence-corrected chi connectivity index (χ1v) is 5.23. The number of carbonyl (C=O) groups is 1. The summed E-state index contributed by atoms with van der Waals surface area (Å²) in [6.07, 6.45) is 0. The van der Waals surface area contributed by atoms with Crippen LogP contribution < -0.4 is 0 Å². The van der Waals surface area contributed by atoms with Gasteiger partial charge in [-0.1, -0.05) is 0 Å². The lowest BCUT2D eigenvalue weighted by molar-refractivity contribution is 0.102. The first-order chi connectivity index (χ1) is 6.07. The Kier molecular flexibility index (Phi) is 3.67. The van der Waals surface area contributed by atoms with Crippen molar-refractivity contribution in [2.24, 2.45) is 0 Å².